The summed E-state index contributed by atoms with van der Waals surface area (Å²) in [6.07, 6.45) is 12.5. The molecule has 0 unspecified atom stereocenters. The van der Waals surface area contributed by atoms with Gasteiger partial charge in [0.2, 0.25) is 5.91 Å². The maximum Gasteiger partial charge on any atom is 0.318 e. The molecule has 1 aromatic heterocycles. The molecular formula is C26H34N6O2. The van der Waals surface area contributed by atoms with Gasteiger partial charge < -0.3 is 20.1 Å². The van der Waals surface area contributed by atoms with E-state index in [4.69, 9.17) is 6.57 Å². The zero-order chi connectivity index (χ0) is 23.8. The normalized spacial score (nSPS) is 18.8. The lowest BCUT2D eigenvalue weighted by Gasteiger charge is -2.36. The molecule has 2 heterocycles. The zero-order valence-corrected chi connectivity index (χ0v) is 19.7. The van der Waals surface area contributed by atoms with E-state index in [0.29, 0.717) is 38.2 Å². The Kier molecular flexibility index (Phi) is 8.18. The van der Waals surface area contributed by atoms with Gasteiger partial charge in [0.05, 0.1) is 12.9 Å². The molecule has 180 valence electrons. The summed E-state index contributed by atoms with van der Waals surface area (Å²) < 4.78 is 2.06. The number of nitrogens with one attached hydrogen (secondary N) is 2. The van der Waals surface area contributed by atoms with Crippen molar-refractivity contribution in [3.63, 3.8) is 0 Å². The molecule has 1 atom stereocenters. The van der Waals surface area contributed by atoms with Crippen LogP contribution in [0.15, 0.2) is 36.8 Å². The van der Waals surface area contributed by atoms with Crippen LogP contribution in [-0.2, 0) is 17.8 Å². The molecule has 2 aliphatic rings. The lowest BCUT2D eigenvalue weighted by molar-refractivity contribution is -0.126. The Bertz CT molecular complexity index is 1000. The Morgan fingerprint density at radius 3 is 2.59 bits per heavy atom. The van der Waals surface area contributed by atoms with Gasteiger partial charge in [0, 0.05) is 44.0 Å². The summed E-state index contributed by atoms with van der Waals surface area (Å²) in [4.78, 5) is 35.3. The van der Waals surface area contributed by atoms with Crippen molar-refractivity contribution in [3.05, 3.63) is 59.5 Å². The number of imidazole rings is 1. The molecule has 0 bridgehead atoms. The first kappa shape index (κ1) is 23.8. The predicted octanol–water partition coefficient (Wildman–Crippen LogP) is 4.04. The van der Waals surface area contributed by atoms with Crippen molar-refractivity contribution < 1.29 is 9.59 Å². The largest absolute Gasteiger partial charge is 0.354 e. The molecule has 1 aliphatic carbocycles. The average molecular weight is 463 g/mol. The molecule has 34 heavy (non-hydrogen) atoms. The van der Waals surface area contributed by atoms with Gasteiger partial charge in [-0.05, 0) is 37.7 Å². The first-order valence-corrected chi connectivity index (χ1v) is 12.4. The van der Waals surface area contributed by atoms with E-state index in [1.807, 2.05) is 30.5 Å². The van der Waals surface area contributed by atoms with Crippen LogP contribution in [0.25, 0.3) is 4.85 Å². The zero-order valence-electron chi connectivity index (χ0n) is 19.7. The van der Waals surface area contributed by atoms with Gasteiger partial charge in [-0.15, -0.1) is 0 Å². The van der Waals surface area contributed by atoms with Crippen LogP contribution < -0.4 is 10.6 Å². The third kappa shape index (κ3) is 6.16. The van der Waals surface area contributed by atoms with Gasteiger partial charge in [0.15, 0.2) is 5.69 Å². The van der Waals surface area contributed by atoms with Crippen molar-refractivity contribution in [3.8, 4) is 0 Å². The highest BCUT2D eigenvalue weighted by Gasteiger charge is 2.33. The number of piperidine rings is 1. The second-order valence-electron chi connectivity index (χ2n) is 9.32. The summed E-state index contributed by atoms with van der Waals surface area (Å²) in [6.45, 7) is 8.87. The molecule has 1 aliphatic heterocycles. The number of benzene rings is 1. The van der Waals surface area contributed by atoms with E-state index in [2.05, 4.69) is 25.0 Å². The Hall–Kier alpha value is -3.34. The van der Waals surface area contributed by atoms with Crippen molar-refractivity contribution in [1.29, 1.82) is 0 Å². The maximum atomic E-state index is 13.0. The highest BCUT2D eigenvalue weighted by atomic mass is 16.2. The number of hydrogen-bond acceptors (Lipinski definition) is 3. The molecule has 8 nitrogen and oxygen atoms in total. The fraction of sp³-hybridized carbons (Fsp3) is 0.538. The van der Waals surface area contributed by atoms with E-state index in [1.54, 1.807) is 11.2 Å². The van der Waals surface area contributed by atoms with Gasteiger partial charge in [0.25, 0.3) is 0 Å². The van der Waals surface area contributed by atoms with Crippen molar-refractivity contribution in [2.45, 2.75) is 76.4 Å². The quantitative estimate of drug-likeness (QED) is 0.609. The van der Waals surface area contributed by atoms with Crippen LogP contribution in [0.4, 0.5) is 10.5 Å². The lowest BCUT2D eigenvalue weighted by Crippen LogP contribution is -2.56. The van der Waals surface area contributed by atoms with E-state index in [0.717, 1.165) is 49.8 Å². The SMILES string of the molecule is [C-]#[N+]c1ccc(Cn2cncc2CCNC(=O)[C@H]2CCCCN2C(=O)NC2CCCCC2)cc1. The first-order chi connectivity index (χ1) is 16.6. The number of carbonyl (C=O) groups excluding carboxylic acids is 2. The van der Waals surface area contributed by atoms with Crippen LogP contribution >= 0.6 is 0 Å². The third-order valence-electron chi connectivity index (χ3n) is 6.90. The van der Waals surface area contributed by atoms with Crippen LogP contribution in [0.1, 0.15) is 62.6 Å². The van der Waals surface area contributed by atoms with Gasteiger partial charge in [-0.25, -0.2) is 14.6 Å². The van der Waals surface area contributed by atoms with Crippen molar-refractivity contribution in [2.75, 3.05) is 13.1 Å². The van der Waals surface area contributed by atoms with Crippen LogP contribution in [0, 0.1) is 6.57 Å². The number of urea groups is 1. The molecule has 3 amide bonds. The number of nitrogens with zero attached hydrogens (tertiary/aromatic N) is 4. The van der Waals surface area contributed by atoms with Gasteiger partial charge in [-0.1, -0.05) is 43.5 Å². The molecule has 2 fully saturated rings. The minimum atomic E-state index is -0.400. The van der Waals surface area contributed by atoms with Crippen molar-refractivity contribution in [1.82, 2.24) is 25.1 Å². The van der Waals surface area contributed by atoms with Gasteiger partial charge in [-0.2, -0.15) is 0 Å². The Morgan fingerprint density at radius 1 is 1.06 bits per heavy atom. The average Bonchev–Trinajstić information content (AvgIpc) is 3.31. The molecule has 8 heteroatoms. The van der Waals surface area contributed by atoms with Gasteiger partial charge in [-0.3, -0.25) is 4.79 Å². The molecular weight excluding hydrogens is 428 g/mol. The van der Waals surface area contributed by atoms with Gasteiger partial charge in [0.1, 0.15) is 6.04 Å². The molecule has 1 aromatic carbocycles. The second kappa shape index (κ2) is 11.7. The highest BCUT2D eigenvalue weighted by molar-refractivity contribution is 5.87. The lowest BCUT2D eigenvalue weighted by atomic mass is 9.95. The third-order valence-corrected chi connectivity index (χ3v) is 6.90. The summed E-state index contributed by atoms with van der Waals surface area (Å²) >= 11 is 0. The minimum absolute atomic E-state index is 0.0701. The van der Waals surface area contributed by atoms with Crippen molar-refractivity contribution in [2.24, 2.45) is 0 Å². The molecule has 2 N–H and O–H groups in total. The van der Waals surface area contributed by atoms with Crippen LogP contribution in [0.3, 0.4) is 0 Å². The molecule has 1 saturated heterocycles. The highest BCUT2D eigenvalue weighted by Crippen LogP contribution is 2.21. The van der Waals surface area contributed by atoms with Crippen LogP contribution in [0.5, 0.6) is 0 Å². The molecule has 0 spiro atoms. The Balaban J connectivity index is 1.28. The monoisotopic (exact) mass is 462 g/mol. The molecule has 0 radical (unpaired) electrons. The summed E-state index contributed by atoms with van der Waals surface area (Å²) in [5.74, 6) is -0.0701. The summed E-state index contributed by atoms with van der Waals surface area (Å²) in [7, 11) is 0. The fourth-order valence-corrected chi connectivity index (χ4v) is 4.95. The number of hydrogen-bond donors (Lipinski definition) is 2. The van der Waals surface area contributed by atoms with E-state index in [1.165, 1.54) is 6.42 Å². The van der Waals surface area contributed by atoms with Gasteiger partial charge >= 0.3 is 6.03 Å². The number of rotatable bonds is 7. The van der Waals surface area contributed by atoms with E-state index < -0.39 is 6.04 Å². The van der Waals surface area contributed by atoms with E-state index in [9.17, 15) is 9.59 Å². The smallest absolute Gasteiger partial charge is 0.318 e. The second-order valence-corrected chi connectivity index (χ2v) is 9.32. The number of carbonyl (C=O) groups is 2. The maximum absolute atomic E-state index is 13.0. The molecule has 4 rings (SSSR count). The first-order valence-electron chi connectivity index (χ1n) is 12.4. The van der Waals surface area contributed by atoms with E-state index >= 15 is 0 Å². The topological polar surface area (TPSA) is 83.6 Å². The van der Waals surface area contributed by atoms with Crippen LogP contribution in [-0.4, -0.2) is 51.6 Å². The van der Waals surface area contributed by atoms with E-state index in [-0.39, 0.29) is 18.0 Å². The predicted molar refractivity (Wildman–Crippen MR) is 130 cm³/mol. The standard InChI is InChI=1S/C26H34N6O2/c1-27-21-12-10-20(11-13-21)18-31-19-28-17-23(31)14-15-29-25(33)24-9-5-6-16-32(24)26(34)30-22-7-3-2-4-8-22/h10-13,17,19,22,24H,2-9,14-16,18H2,(H,29,33)(H,30,34)/t24-/m1/s1. The summed E-state index contributed by atoms with van der Waals surface area (Å²) in [5, 5.41) is 6.22. The number of likely N-dealkylation sites (tertiary alicyclic amines) is 1. The fourth-order valence-electron chi connectivity index (χ4n) is 4.95. The minimum Gasteiger partial charge on any atom is -0.354 e. The molecule has 1 saturated carbocycles. The Morgan fingerprint density at radius 2 is 1.82 bits per heavy atom. The summed E-state index contributed by atoms with van der Waals surface area (Å²) in [6, 6.07) is 7.30. The Labute approximate surface area is 201 Å². The van der Waals surface area contributed by atoms with Crippen molar-refractivity contribution >= 4 is 17.6 Å². The molecule has 2 aromatic rings. The number of amides is 3. The summed E-state index contributed by atoms with van der Waals surface area (Å²) in [5.41, 5.74) is 2.75. The number of aromatic nitrogens is 2. The van der Waals surface area contributed by atoms with Crippen LogP contribution in [0.2, 0.25) is 0 Å².